The second-order valence-corrected chi connectivity index (χ2v) is 27.0. The Kier molecular flexibility index (Phi) is 23.0. The lowest BCUT2D eigenvalue weighted by Gasteiger charge is -2.25. The standard InChI is InChI=1S/C60H63N15O25P2S/c1-29-36-11-7-31(14-39(36)74(84)85)5-9-33-22-71(54-52(33)53(62)66-28-67-54)49-16-41(76)45(96-49)25-92-101(88,89)99-42-17-50-73-24-35(56(79)70-60(73)83)10-6-32-8-12-37(40(15-32)75(86)87)30(2)95-44(20-64-57(80)38(19-61)68-29)58(81)65-21-48(77)63-13-3-4-34-23-72(59(82)69-55(34)78)51-18-43(47(98-51)27-94-103)100-102(90,91)93-26-46(42)97-50/h7-8,11-12,14-15,22-24,28-30,34-35,38,41-47,49-51,68,76H,13,16-21,25-27,61H2,1-2H3,(H8-2,62,63,64,65,66,67,69,70,77,78,79,80,81,82,83,88,89,90,91,103)/p+2/t29?,30?,34?,35?,38?,41-,42-,43-,44?,45+,46+,47+,49+,50+,51+/m0/s1. The fraction of sp³-hybridized carbons (Fsp3) is 0.450. The highest BCUT2D eigenvalue weighted by Crippen LogP contribution is 2.51. The van der Waals surface area contributed by atoms with Gasteiger partial charge in [-0.3, -0.25) is 58.0 Å². The van der Waals surface area contributed by atoms with Gasteiger partial charge in [0.2, 0.25) is 24.3 Å². The van der Waals surface area contributed by atoms with Crippen molar-refractivity contribution in [3.63, 3.8) is 0 Å². The first-order valence-electron chi connectivity index (χ1n) is 31.4. The van der Waals surface area contributed by atoms with E-state index < -0.39 is 229 Å². The lowest BCUT2D eigenvalue weighted by molar-refractivity contribution is -0.526. The second kappa shape index (κ2) is 31.7. The van der Waals surface area contributed by atoms with Crippen LogP contribution in [0.1, 0.15) is 79.3 Å². The normalized spacial score (nSPS) is 32.0. The Morgan fingerprint density at radius 1 is 0.748 bits per heavy atom. The number of aromatic nitrogens is 3. The lowest BCUT2D eigenvalue weighted by atomic mass is 10.0. The molecule has 2 aromatic heterocycles. The van der Waals surface area contributed by atoms with E-state index in [1.54, 1.807) is 0 Å². The topological polar surface area (TPSA) is 545 Å². The van der Waals surface area contributed by atoms with Gasteiger partial charge in [0, 0.05) is 66.9 Å². The van der Waals surface area contributed by atoms with Crippen molar-refractivity contribution in [1.29, 1.82) is 0 Å². The number of carbonyl (C=O) groups is 7. The van der Waals surface area contributed by atoms with Crippen molar-refractivity contribution in [2.24, 2.45) is 17.6 Å². The van der Waals surface area contributed by atoms with Crippen molar-refractivity contribution in [2.75, 3.05) is 51.7 Å². The molecular formula is C60H65N15O25P2S+2. The number of hydrogen-bond acceptors (Lipinski definition) is 29. The number of rotatable bonds is 5. The minimum atomic E-state index is -5.41. The predicted octanol–water partition coefficient (Wildman–Crippen LogP) is -1.27. The van der Waals surface area contributed by atoms with E-state index in [-0.39, 0.29) is 51.1 Å². The van der Waals surface area contributed by atoms with E-state index in [0.29, 0.717) is 0 Å². The predicted molar refractivity (Wildman–Crippen MR) is 350 cm³/mol. The summed E-state index contributed by atoms with van der Waals surface area (Å²) in [6.45, 7) is -1.83. The van der Waals surface area contributed by atoms with Crippen molar-refractivity contribution in [2.45, 2.75) is 113 Å². The van der Waals surface area contributed by atoms with Crippen LogP contribution < -0.4 is 43.4 Å². The number of anilines is 1. The molecule has 0 aliphatic carbocycles. The Labute approximate surface area is 587 Å². The molecule has 2 aromatic carbocycles. The quantitative estimate of drug-likeness (QED) is 0.0211. The van der Waals surface area contributed by atoms with Crippen LogP contribution >= 0.6 is 28.6 Å². The number of benzene rings is 2. The number of carbonyl (C=O) groups excluding carboxylic acids is 7. The van der Waals surface area contributed by atoms with Crippen molar-refractivity contribution in [3.05, 3.63) is 97.0 Å². The van der Waals surface area contributed by atoms with Crippen LogP contribution in [-0.2, 0) is 74.3 Å². The number of amides is 9. The first kappa shape index (κ1) is 74.8. The molecule has 11 heterocycles. The molecule has 3 fully saturated rings. The number of fused-ring (bicyclic) bond motifs is 21. The molecule has 13 rings (SSSR count). The average molecular weight is 1490 g/mol. The number of nitrogen functional groups attached to an aromatic ring is 1. The summed E-state index contributed by atoms with van der Waals surface area (Å²) in [4.78, 5) is 150. The third kappa shape index (κ3) is 17.5. The number of nitrogens with one attached hydrogen (secondary N) is 6. The fourth-order valence-electron chi connectivity index (χ4n) is 12.0. The van der Waals surface area contributed by atoms with Gasteiger partial charge in [0.25, 0.3) is 17.3 Å². The number of hydrogen-bond donors (Lipinski definition) is 12. The van der Waals surface area contributed by atoms with Gasteiger partial charge in [-0.25, -0.2) is 28.7 Å². The van der Waals surface area contributed by atoms with Crippen LogP contribution in [0.25, 0.3) is 11.0 Å². The second-order valence-electron chi connectivity index (χ2n) is 23.9. The Bertz CT molecular complexity index is 4510. The summed E-state index contributed by atoms with van der Waals surface area (Å²) < 4.78 is 82.8. The molecule has 103 heavy (non-hydrogen) atoms. The zero-order valence-electron chi connectivity index (χ0n) is 54.0. The smallest absolute Gasteiger partial charge is 0.390 e. The number of nitrogens with zero attached hydrogens (tertiary/aromatic N) is 7. The third-order valence-electron chi connectivity index (χ3n) is 17.1. The molecule has 18 bridgehead atoms. The maximum absolute atomic E-state index is 14.1. The summed E-state index contributed by atoms with van der Waals surface area (Å²) >= 11 is 3.79. The molecule has 13 N–H and O–H groups in total. The van der Waals surface area contributed by atoms with Gasteiger partial charge in [-0.15, -0.1) is 0 Å². The molecule has 0 radical (unpaired) electrons. The number of thiol groups is 1. The van der Waals surface area contributed by atoms with Gasteiger partial charge in [-0.05, 0) is 51.0 Å². The molecule has 3 saturated heterocycles. The molecule has 9 amide bonds. The van der Waals surface area contributed by atoms with E-state index in [1.165, 1.54) is 54.9 Å². The summed E-state index contributed by atoms with van der Waals surface area (Å²) in [6, 6.07) is 3.09. The Morgan fingerprint density at radius 3 is 2.04 bits per heavy atom. The summed E-state index contributed by atoms with van der Waals surface area (Å²) in [5.41, 5.74) is 11.7. The van der Waals surface area contributed by atoms with Crippen LogP contribution in [0.15, 0.2) is 48.9 Å². The summed E-state index contributed by atoms with van der Waals surface area (Å²) in [5.74, 6) is 8.61. The van der Waals surface area contributed by atoms with Crippen molar-refractivity contribution in [1.82, 2.24) is 46.4 Å². The molecule has 0 saturated carbocycles. The van der Waals surface area contributed by atoms with Crippen molar-refractivity contribution < 1.29 is 118 Å². The van der Waals surface area contributed by atoms with Crippen LogP contribution in [0.2, 0.25) is 0 Å². The van der Waals surface area contributed by atoms with E-state index in [2.05, 4.69) is 90.3 Å². The molecular weight excluding hydrogens is 1420 g/mol. The number of aliphatic hydroxyl groups is 1. The van der Waals surface area contributed by atoms with E-state index >= 15 is 0 Å². The molecule has 17 atom stereocenters. The Hall–Kier alpha value is -9.38. The largest absolute Gasteiger partial charge is 0.500 e. The number of nitro groups is 2. The van der Waals surface area contributed by atoms with Gasteiger partial charge in [0.15, 0.2) is 17.9 Å². The van der Waals surface area contributed by atoms with Crippen LogP contribution in [0.3, 0.4) is 0 Å². The molecule has 8 unspecified atom stereocenters. The highest BCUT2D eigenvalue weighted by molar-refractivity contribution is 7.75. The minimum Gasteiger partial charge on any atom is -0.390 e. The highest BCUT2D eigenvalue weighted by atomic mass is 32.1. The van der Waals surface area contributed by atoms with Crippen LogP contribution in [0.4, 0.5) is 26.8 Å². The van der Waals surface area contributed by atoms with Gasteiger partial charge < -0.3 is 70.0 Å². The molecule has 9 aliphatic rings. The highest BCUT2D eigenvalue weighted by Gasteiger charge is 2.52. The number of nitrogens with two attached hydrogens (primary N) is 2. The summed E-state index contributed by atoms with van der Waals surface area (Å²) in [5, 5.41) is 51.7. The van der Waals surface area contributed by atoms with Gasteiger partial charge in [-0.1, -0.05) is 35.5 Å². The molecule has 4 aromatic rings. The first-order chi connectivity index (χ1) is 49.1. The zero-order valence-corrected chi connectivity index (χ0v) is 56.6. The lowest BCUT2D eigenvalue weighted by Crippen LogP contribution is -2.53. The van der Waals surface area contributed by atoms with E-state index in [0.717, 1.165) is 34.0 Å². The average Bonchev–Trinajstić information content (AvgIpc) is 1.65. The molecule has 40 nitrogen and oxygen atoms in total. The van der Waals surface area contributed by atoms with Crippen LogP contribution in [-0.4, -0.2) is 210 Å². The molecule has 43 heteroatoms. The number of urea groups is 2. The Balaban J connectivity index is 0.980. The number of imide groups is 2. The molecule has 9 aliphatic heterocycles. The van der Waals surface area contributed by atoms with Crippen LogP contribution in [0, 0.1) is 67.6 Å². The van der Waals surface area contributed by atoms with Crippen molar-refractivity contribution >= 4 is 111 Å². The number of phosphoric acid groups is 2. The number of ether oxygens (including phenoxy) is 4. The first-order valence-corrected chi connectivity index (χ1v) is 34.7. The summed E-state index contributed by atoms with van der Waals surface area (Å²) in [7, 11) is -10.8. The van der Waals surface area contributed by atoms with Gasteiger partial charge in [0.05, 0.1) is 84.1 Å². The van der Waals surface area contributed by atoms with Gasteiger partial charge >= 0.3 is 39.5 Å². The van der Waals surface area contributed by atoms with Crippen LogP contribution in [0.5, 0.6) is 0 Å². The number of phosphoric ester groups is 2. The fourth-order valence-corrected chi connectivity index (χ4v) is 14.0. The van der Waals surface area contributed by atoms with E-state index in [4.69, 9.17) is 52.7 Å². The third-order valence-corrected chi connectivity index (χ3v) is 19.3. The SMILES string of the molecule is CC1NC(CN)C(=O)NCC2OC(C)c3ccc(cc3[N+](=O)[O-])C#CC3C=[N+](C(=O)NC3=O)[C@H]3C[C@H](OP(=O)(O)OC[C@H]4O[C@H](C[C@@H]4O)n4cc(c5c(N)ncnc54)C#Cc4ccc1c([N+](=O)[O-])c4)[C@@H](COP(=O)(O)O[C@H]1C[C@@H](O[C@@H]1COS)[N+]1=CC(C#CCNC(=O)CNC2=O)C(=O)NC1=O)O3. The Morgan fingerprint density at radius 2 is 1.37 bits per heavy atom. The zero-order chi connectivity index (χ0) is 73.8. The maximum Gasteiger partial charge on any atom is 0.500 e. The van der Waals surface area contributed by atoms with E-state index in [9.17, 15) is 77.8 Å². The minimum absolute atomic E-state index is 0.0495. The van der Waals surface area contributed by atoms with Gasteiger partial charge in [-0.2, -0.15) is 29.4 Å². The number of aliphatic hydroxyl groups excluding tert-OH is 1. The van der Waals surface area contributed by atoms with E-state index in [1.807, 2.05) is 0 Å². The number of nitro benzene ring substituents is 2. The van der Waals surface area contributed by atoms with Gasteiger partial charge in [0.1, 0.15) is 67.0 Å². The maximum atomic E-state index is 14.1. The molecule has 544 valence electrons. The van der Waals surface area contributed by atoms with Crippen molar-refractivity contribution in [3.8, 4) is 35.5 Å². The monoisotopic (exact) mass is 1490 g/mol. The molecule has 0 spiro atoms. The summed E-state index contributed by atoms with van der Waals surface area (Å²) in [6.07, 6.45) is -12.7.